The number of hydrogen-bond acceptors (Lipinski definition) is 5. The van der Waals surface area contributed by atoms with Crippen molar-refractivity contribution in [3.05, 3.63) is 87.9 Å². The van der Waals surface area contributed by atoms with Crippen LogP contribution in [0.25, 0.3) is 0 Å². The predicted octanol–water partition coefficient (Wildman–Crippen LogP) is 5.59. The maximum atomic E-state index is 12.3. The van der Waals surface area contributed by atoms with Gasteiger partial charge in [0.1, 0.15) is 12.4 Å². The Morgan fingerprint density at radius 2 is 1.69 bits per heavy atom. The number of nitrogens with zero attached hydrogens (tertiary/aromatic N) is 1. The molecule has 166 valence electrons. The molecular formula is C25H25BrN2O4. The molecular weight excluding hydrogens is 472 g/mol. The van der Waals surface area contributed by atoms with Crippen LogP contribution in [0.3, 0.4) is 0 Å². The highest BCUT2D eigenvalue weighted by molar-refractivity contribution is 9.10. The third-order valence-electron chi connectivity index (χ3n) is 4.36. The Balaban J connectivity index is 1.67. The molecule has 0 aliphatic heterocycles. The fourth-order valence-electron chi connectivity index (χ4n) is 2.89. The van der Waals surface area contributed by atoms with Gasteiger partial charge >= 0.3 is 0 Å². The van der Waals surface area contributed by atoms with Gasteiger partial charge in [-0.1, -0.05) is 30.3 Å². The number of hydrazone groups is 1. The highest BCUT2D eigenvalue weighted by Gasteiger charge is 2.12. The van der Waals surface area contributed by atoms with E-state index in [-0.39, 0.29) is 5.91 Å². The minimum Gasteiger partial charge on any atom is -0.494 e. The molecule has 0 spiro atoms. The molecule has 7 heteroatoms. The van der Waals surface area contributed by atoms with Crippen LogP contribution in [0.5, 0.6) is 17.2 Å². The Bertz CT molecular complexity index is 1050. The van der Waals surface area contributed by atoms with Gasteiger partial charge in [0.2, 0.25) is 0 Å². The highest BCUT2D eigenvalue weighted by Crippen LogP contribution is 2.37. The zero-order valence-corrected chi connectivity index (χ0v) is 19.6. The van der Waals surface area contributed by atoms with Gasteiger partial charge in [-0.05, 0) is 77.3 Å². The van der Waals surface area contributed by atoms with Crippen LogP contribution >= 0.6 is 15.9 Å². The van der Waals surface area contributed by atoms with E-state index in [1.165, 1.54) is 0 Å². The molecule has 0 unspecified atom stereocenters. The highest BCUT2D eigenvalue weighted by atomic mass is 79.9. The lowest BCUT2D eigenvalue weighted by molar-refractivity contribution is 0.0955. The maximum absolute atomic E-state index is 12.3. The normalized spacial score (nSPS) is 10.7. The number of rotatable bonds is 10. The quantitative estimate of drug-likeness (QED) is 0.293. The van der Waals surface area contributed by atoms with Crippen LogP contribution in [0.4, 0.5) is 0 Å². The van der Waals surface area contributed by atoms with Crippen molar-refractivity contribution < 1.29 is 19.0 Å². The molecule has 0 heterocycles. The molecule has 0 aliphatic rings. The number of carbonyl (C=O) groups excluding carboxylic acids is 1. The van der Waals surface area contributed by atoms with Gasteiger partial charge in [-0.3, -0.25) is 4.79 Å². The predicted molar refractivity (Wildman–Crippen MR) is 129 cm³/mol. The van der Waals surface area contributed by atoms with Gasteiger partial charge in [-0.25, -0.2) is 5.43 Å². The van der Waals surface area contributed by atoms with E-state index in [1.807, 2.05) is 56.3 Å². The first-order valence-corrected chi connectivity index (χ1v) is 11.1. The topological polar surface area (TPSA) is 69.2 Å². The number of nitrogens with one attached hydrogen (secondary N) is 1. The molecule has 0 fully saturated rings. The van der Waals surface area contributed by atoms with E-state index in [2.05, 4.69) is 26.5 Å². The summed E-state index contributed by atoms with van der Waals surface area (Å²) in [4.78, 5) is 12.3. The summed E-state index contributed by atoms with van der Waals surface area (Å²) < 4.78 is 17.9. The van der Waals surface area contributed by atoms with Gasteiger partial charge in [-0.15, -0.1) is 0 Å². The van der Waals surface area contributed by atoms with E-state index in [0.29, 0.717) is 36.9 Å². The van der Waals surface area contributed by atoms with Gasteiger partial charge < -0.3 is 14.2 Å². The fraction of sp³-hybridized carbons (Fsp3) is 0.200. The van der Waals surface area contributed by atoms with Crippen molar-refractivity contribution in [3.8, 4) is 17.2 Å². The van der Waals surface area contributed by atoms with Crippen molar-refractivity contribution >= 4 is 28.1 Å². The van der Waals surface area contributed by atoms with Crippen molar-refractivity contribution in [2.45, 2.75) is 20.5 Å². The number of hydrogen-bond donors (Lipinski definition) is 1. The van der Waals surface area contributed by atoms with Crippen LogP contribution in [0.15, 0.2) is 76.3 Å². The third kappa shape index (κ3) is 6.59. The van der Waals surface area contributed by atoms with Gasteiger partial charge in [-0.2, -0.15) is 5.10 Å². The first-order chi connectivity index (χ1) is 15.6. The molecule has 0 radical (unpaired) electrons. The number of benzene rings is 3. The Hall–Kier alpha value is -3.32. The molecule has 3 aromatic rings. The molecule has 1 amide bonds. The summed E-state index contributed by atoms with van der Waals surface area (Å²) in [5.41, 5.74) is 4.83. The molecule has 0 aromatic heterocycles. The van der Waals surface area contributed by atoms with E-state index in [9.17, 15) is 4.79 Å². The standard InChI is InChI=1S/C25H25BrN2O4/c1-3-30-21-12-10-20(11-13-21)25(29)28-27-16-19-14-22(26)24(23(15-19)31-4-2)32-17-18-8-6-5-7-9-18/h5-16H,3-4,17H2,1-2H3,(H,28,29)/b27-16+. The van der Waals surface area contributed by atoms with E-state index in [1.54, 1.807) is 30.5 Å². The minimum absolute atomic E-state index is 0.309. The summed E-state index contributed by atoms with van der Waals surface area (Å²) >= 11 is 3.55. The molecule has 0 bridgehead atoms. The van der Waals surface area contributed by atoms with Crippen LogP contribution in [0.1, 0.15) is 35.3 Å². The second-order valence-electron chi connectivity index (χ2n) is 6.69. The number of ether oxygens (including phenoxy) is 3. The average molecular weight is 497 g/mol. The van der Waals surface area contributed by atoms with Crippen LogP contribution in [-0.2, 0) is 6.61 Å². The molecule has 0 saturated heterocycles. The summed E-state index contributed by atoms with van der Waals surface area (Å²) in [5, 5.41) is 4.07. The second-order valence-corrected chi connectivity index (χ2v) is 7.55. The van der Waals surface area contributed by atoms with Crippen LogP contribution < -0.4 is 19.6 Å². The summed E-state index contributed by atoms with van der Waals surface area (Å²) in [5.74, 6) is 1.62. The van der Waals surface area contributed by atoms with E-state index in [4.69, 9.17) is 14.2 Å². The zero-order valence-electron chi connectivity index (χ0n) is 18.0. The third-order valence-corrected chi connectivity index (χ3v) is 4.95. The number of halogens is 1. The molecule has 0 atom stereocenters. The van der Waals surface area contributed by atoms with Crippen molar-refractivity contribution in [1.82, 2.24) is 5.43 Å². The maximum Gasteiger partial charge on any atom is 0.271 e. The molecule has 32 heavy (non-hydrogen) atoms. The van der Waals surface area contributed by atoms with Crippen molar-refractivity contribution in [1.29, 1.82) is 0 Å². The largest absolute Gasteiger partial charge is 0.494 e. The summed E-state index contributed by atoms with van der Waals surface area (Å²) in [6.07, 6.45) is 1.56. The van der Waals surface area contributed by atoms with E-state index in [0.717, 1.165) is 21.3 Å². The lowest BCUT2D eigenvalue weighted by Crippen LogP contribution is -2.17. The fourth-order valence-corrected chi connectivity index (χ4v) is 3.47. The lowest BCUT2D eigenvalue weighted by atomic mass is 10.2. The average Bonchev–Trinajstić information content (AvgIpc) is 2.80. The Kier molecular flexibility index (Phi) is 8.69. The number of carbonyl (C=O) groups is 1. The summed E-state index contributed by atoms with van der Waals surface area (Å²) in [7, 11) is 0. The van der Waals surface area contributed by atoms with E-state index < -0.39 is 0 Å². The van der Waals surface area contributed by atoms with Gasteiger partial charge in [0.15, 0.2) is 11.5 Å². The van der Waals surface area contributed by atoms with Gasteiger partial charge in [0.25, 0.3) is 5.91 Å². The van der Waals surface area contributed by atoms with Crippen molar-refractivity contribution in [2.24, 2.45) is 5.10 Å². The van der Waals surface area contributed by atoms with Gasteiger partial charge in [0, 0.05) is 5.56 Å². The molecule has 0 saturated carbocycles. The lowest BCUT2D eigenvalue weighted by Gasteiger charge is -2.14. The van der Waals surface area contributed by atoms with Crippen LogP contribution in [-0.4, -0.2) is 25.3 Å². The Morgan fingerprint density at radius 1 is 0.969 bits per heavy atom. The Morgan fingerprint density at radius 3 is 2.38 bits per heavy atom. The van der Waals surface area contributed by atoms with Crippen molar-refractivity contribution in [2.75, 3.05) is 13.2 Å². The minimum atomic E-state index is -0.309. The SMILES string of the molecule is CCOc1ccc(C(=O)N/N=C/c2cc(Br)c(OCc3ccccc3)c(OCC)c2)cc1. The Labute approximate surface area is 196 Å². The van der Waals surface area contributed by atoms with Crippen molar-refractivity contribution in [3.63, 3.8) is 0 Å². The number of amides is 1. The van der Waals surface area contributed by atoms with Crippen LogP contribution in [0, 0.1) is 0 Å². The molecule has 0 aliphatic carbocycles. The summed E-state index contributed by atoms with van der Waals surface area (Å²) in [6, 6.07) is 20.5. The molecule has 3 aromatic carbocycles. The summed E-state index contributed by atoms with van der Waals surface area (Å²) in [6.45, 7) is 5.30. The zero-order chi connectivity index (χ0) is 22.8. The van der Waals surface area contributed by atoms with Gasteiger partial charge in [0.05, 0.1) is 23.9 Å². The van der Waals surface area contributed by atoms with Crippen LogP contribution in [0.2, 0.25) is 0 Å². The molecule has 6 nitrogen and oxygen atoms in total. The molecule has 1 N–H and O–H groups in total. The first-order valence-electron chi connectivity index (χ1n) is 10.3. The second kappa shape index (κ2) is 11.9. The monoisotopic (exact) mass is 496 g/mol. The molecule has 3 rings (SSSR count). The van der Waals surface area contributed by atoms with E-state index >= 15 is 0 Å². The smallest absolute Gasteiger partial charge is 0.271 e. The first kappa shape index (κ1) is 23.3.